The summed E-state index contributed by atoms with van der Waals surface area (Å²) < 4.78 is 7.96. The lowest BCUT2D eigenvalue weighted by Crippen LogP contribution is -2.15. The molecule has 6 heteroatoms. The molecule has 178 valence electrons. The van der Waals surface area contributed by atoms with E-state index in [1.807, 2.05) is 41.0 Å². The van der Waals surface area contributed by atoms with Crippen LogP contribution in [0.4, 0.5) is 5.69 Å². The highest BCUT2D eigenvalue weighted by Gasteiger charge is 2.31. The van der Waals surface area contributed by atoms with Gasteiger partial charge in [0, 0.05) is 23.6 Å². The van der Waals surface area contributed by atoms with Gasteiger partial charge < -0.3 is 10.1 Å². The highest BCUT2D eigenvalue weighted by Crippen LogP contribution is 2.39. The Morgan fingerprint density at radius 1 is 0.943 bits per heavy atom. The Balaban J connectivity index is 1.31. The standard InChI is InChI=1S/C29H30N4O2/c34-29(23-11-12-23)32-26-18-31-33-27(22-9-5-2-6-10-22)25(17-30-28(26)33)21-13-15-24(16-14-21)35-19-20-7-3-1-4-8-20/h1,3-4,7-8,13-18,22-23H,2,5-6,9-12,19H2,(H,32,34). The predicted octanol–water partition coefficient (Wildman–Crippen LogP) is 6.37. The van der Waals surface area contributed by atoms with Crippen molar-refractivity contribution in [2.24, 2.45) is 5.92 Å². The summed E-state index contributed by atoms with van der Waals surface area (Å²) in [6.45, 7) is 0.545. The van der Waals surface area contributed by atoms with Crippen LogP contribution in [0.25, 0.3) is 16.8 Å². The van der Waals surface area contributed by atoms with E-state index in [-0.39, 0.29) is 11.8 Å². The monoisotopic (exact) mass is 466 g/mol. The Kier molecular flexibility index (Phi) is 5.94. The number of amides is 1. The van der Waals surface area contributed by atoms with E-state index in [1.165, 1.54) is 25.0 Å². The fourth-order valence-corrected chi connectivity index (χ4v) is 5.08. The topological polar surface area (TPSA) is 68.5 Å². The average Bonchev–Trinajstić information content (AvgIpc) is 3.70. The van der Waals surface area contributed by atoms with Crippen molar-refractivity contribution in [3.05, 3.63) is 78.2 Å². The van der Waals surface area contributed by atoms with Crippen LogP contribution in [0, 0.1) is 5.92 Å². The van der Waals surface area contributed by atoms with Crippen molar-refractivity contribution >= 4 is 17.2 Å². The van der Waals surface area contributed by atoms with Crippen LogP contribution in [-0.4, -0.2) is 20.5 Å². The first kappa shape index (κ1) is 21.8. The summed E-state index contributed by atoms with van der Waals surface area (Å²) in [7, 11) is 0. The maximum atomic E-state index is 12.4. The van der Waals surface area contributed by atoms with Gasteiger partial charge >= 0.3 is 0 Å². The van der Waals surface area contributed by atoms with Gasteiger partial charge in [-0.3, -0.25) is 4.79 Å². The summed E-state index contributed by atoms with van der Waals surface area (Å²) in [6, 6.07) is 18.5. The third-order valence-electron chi connectivity index (χ3n) is 7.18. The summed E-state index contributed by atoms with van der Waals surface area (Å²) in [6.07, 6.45) is 11.7. The molecule has 2 fully saturated rings. The molecule has 2 aliphatic rings. The minimum absolute atomic E-state index is 0.0797. The molecule has 0 radical (unpaired) electrons. The lowest BCUT2D eigenvalue weighted by atomic mass is 9.84. The van der Waals surface area contributed by atoms with Crippen molar-refractivity contribution in [1.82, 2.24) is 14.6 Å². The highest BCUT2D eigenvalue weighted by atomic mass is 16.5. The van der Waals surface area contributed by atoms with Gasteiger partial charge in [0.15, 0.2) is 5.65 Å². The maximum Gasteiger partial charge on any atom is 0.227 e. The number of hydrogen-bond acceptors (Lipinski definition) is 4. The number of nitrogens with zero attached hydrogens (tertiary/aromatic N) is 3. The number of ether oxygens (including phenoxy) is 1. The number of nitrogens with one attached hydrogen (secondary N) is 1. The zero-order valence-electron chi connectivity index (χ0n) is 19.8. The van der Waals surface area contributed by atoms with Gasteiger partial charge in [0.05, 0.1) is 11.9 Å². The molecule has 0 aliphatic heterocycles. The van der Waals surface area contributed by atoms with Crippen molar-refractivity contribution in [3.63, 3.8) is 0 Å². The second kappa shape index (κ2) is 9.53. The molecule has 2 aliphatic carbocycles. The third-order valence-corrected chi connectivity index (χ3v) is 7.18. The summed E-state index contributed by atoms with van der Waals surface area (Å²) >= 11 is 0. The van der Waals surface area contributed by atoms with Crippen LogP contribution in [0.2, 0.25) is 0 Å². The van der Waals surface area contributed by atoms with Gasteiger partial charge in [-0.15, -0.1) is 0 Å². The van der Waals surface area contributed by atoms with E-state index < -0.39 is 0 Å². The molecular formula is C29H30N4O2. The number of carbonyl (C=O) groups excluding carboxylic acids is 1. The number of fused-ring (bicyclic) bond motifs is 1. The molecule has 0 bridgehead atoms. The van der Waals surface area contributed by atoms with Crippen LogP contribution in [0.5, 0.6) is 5.75 Å². The Morgan fingerprint density at radius 2 is 1.71 bits per heavy atom. The normalized spacial score (nSPS) is 16.3. The van der Waals surface area contributed by atoms with Gasteiger partial charge in [0.25, 0.3) is 0 Å². The first-order valence-corrected chi connectivity index (χ1v) is 12.7. The molecule has 0 saturated heterocycles. The Bertz CT molecular complexity index is 1320. The Morgan fingerprint density at radius 3 is 2.46 bits per heavy atom. The highest BCUT2D eigenvalue weighted by molar-refractivity contribution is 5.97. The molecule has 35 heavy (non-hydrogen) atoms. The van der Waals surface area contributed by atoms with Crippen molar-refractivity contribution in [3.8, 4) is 16.9 Å². The minimum Gasteiger partial charge on any atom is -0.489 e. The molecule has 6 nitrogen and oxygen atoms in total. The molecule has 2 saturated carbocycles. The van der Waals surface area contributed by atoms with E-state index in [0.29, 0.717) is 18.2 Å². The molecule has 0 atom stereocenters. The second-order valence-corrected chi connectivity index (χ2v) is 9.75. The van der Waals surface area contributed by atoms with Gasteiger partial charge in [-0.05, 0) is 48.9 Å². The van der Waals surface area contributed by atoms with E-state index in [2.05, 4.69) is 29.6 Å². The molecule has 6 rings (SSSR count). The van der Waals surface area contributed by atoms with E-state index >= 15 is 0 Å². The molecule has 2 aromatic heterocycles. The van der Waals surface area contributed by atoms with E-state index in [4.69, 9.17) is 14.8 Å². The van der Waals surface area contributed by atoms with Gasteiger partial charge in [-0.25, -0.2) is 9.50 Å². The van der Waals surface area contributed by atoms with E-state index in [0.717, 1.165) is 53.8 Å². The van der Waals surface area contributed by atoms with Gasteiger partial charge in [0.1, 0.15) is 18.0 Å². The molecule has 2 aromatic carbocycles. The fourth-order valence-electron chi connectivity index (χ4n) is 5.08. The zero-order chi connectivity index (χ0) is 23.6. The van der Waals surface area contributed by atoms with Crippen molar-refractivity contribution in [1.29, 1.82) is 0 Å². The van der Waals surface area contributed by atoms with E-state index in [9.17, 15) is 4.79 Å². The number of benzene rings is 2. The van der Waals surface area contributed by atoms with Crippen LogP contribution < -0.4 is 10.1 Å². The van der Waals surface area contributed by atoms with Crippen molar-refractivity contribution in [2.75, 3.05) is 5.32 Å². The largest absolute Gasteiger partial charge is 0.489 e. The first-order valence-electron chi connectivity index (χ1n) is 12.7. The number of aromatic nitrogens is 3. The Hall–Kier alpha value is -3.67. The summed E-state index contributed by atoms with van der Waals surface area (Å²) in [5, 5.41) is 7.76. The zero-order valence-corrected chi connectivity index (χ0v) is 19.8. The quantitative estimate of drug-likeness (QED) is 0.344. The second-order valence-electron chi connectivity index (χ2n) is 9.75. The molecular weight excluding hydrogens is 436 g/mol. The van der Waals surface area contributed by atoms with Crippen LogP contribution >= 0.6 is 0 Å². The molecule has 0 spiro atoms. The molecule has 0 unspecified atom stereocenters. The van der Waals surface area contributed by atoms with Crippen LogP contribution in [0.3, 0.4) is 0 Å². The summed E-state index contributed by atoms with van der Waals surface area (Å²) in [4.78, 5) is 17.1. The Labute approximate surface area is 205 Å². The smallest absolute Gasteiger partial charge is 0.227 e. The van der Waals surface area contributed by atoms with Crippen molar-refractivity contribution in [2.45, 2.75) is 57.5 Å². The molecule has 1 amide bonds. The van der Waals surface area contributed by atoms with Gasteiger partial charge in [-0.2, -0.15) is 5.10 Å². The lowest BCUT2D eigenvalue weighted by Gasteiger charge is -2.25. The average molecular weight is 467 g/mol. The summed E-state index contributed by atoms with van der Waals surface area (Å²) in [5.41, 5.74) is 5.98. The molecule has 2 heterocycles. The van der Waals surface area contributed by atoms with Crippen LogP contribution in [0.1, 0.15) is 62.1 Å². The SMILES string of the molecule is O=C(Nc1cnn2c(C3CCCCC3)c(-c3ccc(OCc4ccccc4)cc3)cnc12)C1CC1. The number of anilines is 1. The third kappa shape index (κ3) is 4.65. The molecule has 4 aromatic rings. The van der Waals surface area contributed by atoms with Crippen LogP contribution in [-0.2, 0) is 11.4 Å². The van der Waals surface area contributed by atoms with Gasteiger partial charge in [0.2, 0.25) is 5.91 Å². The summed E-state index contributed by atoms with van der Waals surface area (Å²) in [5.74, 6) is 1.49. The maximum absolute atomic E-state index is 12.4. The van der Waals surface area contributed by atoms with Crippen molar-refractivity contribution < 1.29 is 9.53 Å². The van der Waals surface area contributed by atoms with Crippen LogP contribution in [0.15, 0.2) is 67.0 Å². The number of hydrogen-bond donors (Lipinski definition) is 1. The lowest BCUT2D eigenvalue weighted by molar-refractivity contribution is -0.117. The van der Waals surface area contributed by atoms with E-state index in [1.54, 1.807) is 6.20 Å². The number of carbonyl (C=O) groups is 1. The predicted molar refractivity (Wildman–Crippen MR) is 136 cm³/mol. The van der Waals surface area contributed by atoms with Gasteiger partial charge in [-0.1, -0.05) is 61.7 Å². The number of rotatable bonds is 7. The molecule has 1 N–H and O–H groups in total. The first-order chi connectivity index (χ1) is 17.3. The fraction of sp³-hybridized carbons (Fsp3) is 0.345. The minimum atomic E-state index is 0.0797.